The van der Waals surface area contributed by atoms with Crippen LogP contribution in [-0.2, 0) is 17.8 Å². The maximum atomic E-state index is 11.7. The lowest BCUT2D eigenvalue weighted by atomic mass is 10.1. The molecule has 0 atom stereocenters. The second-order valence-corrected chi connectivity index (χ2v) is 5.09. The van der Waals surface area contributed by atoms with Crippen molar-refractivity contribution in [3.05, 3.63) is 53.6 Å². The first-order valence-corrected chi connectivity index (χ1v) is 7.52. The van der Waals surface area contributed by atoms with Gasteiger partial charge in [-0.2, -0.15) is 0 Å². The summed E-state index contributed by atoms with van der Waals surface area (Å²) in [7, 11) is 2.94. The lowest BCUT2D eigenvalue weighted by Crippen LogP contribution is -2.26. The first-order chi connectivity index (χ1) is 11.6. The second kappa shape index (κ2) is 8.67. The third-order valence-corrected chi connectivity index (χ3v) is 3.44. The zero-order chi connectivity index (χ0) is 17.4. The quantitative estimate of drug-likeness (QED) is 0.816. The maximum absolute atomic E-state index is 11.7. The molecule has 0 spiro atoms. The van der Waals surface area contributed by atoms with Crippen molar-refractivity contribution in [2.24, 2.45) is 0 Å². The molecule has 6 nitrogen and oxygen atoms in total. The fraction of sp³-hybridized carbons (Fsp3) is 0.278. The van der Waals surface area contributed by atoms with Crippen molar-refractivity contribution in [1.82, 2.24) is 5.32 Å². The molecule has 0 saturated carbocycles. The van der Waals surface area contributed by atoms with Crippen LogP contribution in [0, 0.1) is 0 Å². The third kappa shape index (κ3) is 4.81. The van der Waals surface area contributed by atoms with Crippen LogP contribution in [0.3, 0.4) is 0 Å². The van der Waals surface area contributed by atoms with E-state index in [0.717, 1.165) is 11.1 Å². The van der Waals surface area contributed by atoms with Crippen molar-refractivity contribution in [3.8, 4) is 17.2 Å². The minimum absolute atomic E-state index is 0.0426. The number of aromatic hydroxyl groups is 1. The Hall–Kier alpha value is -2.89. The Kier molecular flexibility index (Phi) is 6.31. The first-order valence-electron chi connectivity index (χ1n) is 7.52. The molecule has 0 bridgehead atoms. The normalized spacial score (nSPS) is 10.1. The molecule has 0 aliphatic carbocycles. The van der Waals surface area contributed by atoms with E-state index in [1.165, 1.54) is 14.2 Å². The van der Waals surface area contributed by atoms with Crippen molar-refractivity contribution in [2.75, 3.05) is 20.8 Å². The molecule has 0 unspecified atom stereocenters. The molecule has 0 aliphatic heterocycles. The number of hydrogen-bond acceptors (Lipinski definition) is 5. The molecule has 2 aromatic carbocycles. The van der Waals surface area contributed by atoms with Crippen LogP contribution >= 0.6 is 0 Å². The molecule has 1 amide bonds. The number of methoxy groups -OCH3 is 2. The minimum atomic E-state index is -0.475. The Bertz CT molecular complexity index is 647. The Labute approximate surface area is 141 Å². The van der Waals surface area contributed by atoms with E-state index < -0.39 is 6.09 Å². The molecule has 128 valence electrons. The highest BCUT2D eigenvalue weighted by Gasteiger charge is 2.11. The Morgan fingerprint density at radius 2 is 1.67 bits per heavy atom. The topological polar surface area (TPSA) is 77.0 Å². The summed E-state index contributed by atoms with van der Waals surface area (Å²) >= 11 is 0. The highest BCUT2D eigenvalue weighted by molar-refractivity contribution is 5.67. The predicted molar refractivity (Wildman–Crippen MR) is 89.5 cm³/mol. The minimum Gasteiger partial charge on any atom is -0.502 e. The zero-order valence-corrected chi connectivity index (χ0v) is 13.7. The number of carbonyl (C=O) groups is 1. The standard InChI is InChI=1S/C18H21NO5/c1-22-15-10-14(11-16(23-2)17(15)20)8-9-19-18(21)24-12-13-6-4-3-5-7-13/h3-7,10-11,20H,8-9,12H2,1-2H3,(H,19,21). The third-order valence-electron chi connectivity index (χ3n) is 3.44. The summed E-state index contributed by atoms with van der Waals surface area (Å²) < 4.78 is 15.3. The van der Waals surface area contributed by atoms with Gasteiger partial charge in [0.2, 0.25) is 5.75 Å². The van der Waals surface area contributed by atoms with Crippen LogP contribution < -0.4 is 14.8 Å². The average molecular weight is 331 g/mol. The van der Waals surface area contributed by atoms with Gasteiger partial charge in [-0.1, -0.05) is 30.3 Å². The Morgan fingerprint density at radius 1 is 1.04 bits per heavy atom. The second-order valence-electron chi connectivity index (χ2n) is 5.09. The lowest BCUT2D eigenvalue weighted by molar-refractivity contribution is 0.140. The molecule has 0 aliphatic rings. The molecule has 0 saturated heterocycles. The highest BCUT2D eigenvalue weighted by Crippen LogP contribution is 2.37. The monoisotopic (exact) mass is 331 g/mol. The van der Waals surface area contributed by atoms with Gasteiger partial charge in [-0.25, -0.2) is 4.79 Å². The van der Waals surface area contributed by atoms with Gasteiger partial charge in [-0.15, -0.1) is 0 Å². The number of nitrogens with one attached hydrogen (secondary N) is 1. The summed E-state index contributed by atoms with van der Waals surface area (Å²) in [4.78, 5) is 11.7. The van der Waals surface area contributed by atoms with Gasteiger partial charge in [-0.3, -0.25) is 0 Å². The molecule has 2 rings (SSSR count). The predicted octanol–water partition coefficient (Wildman–Crippen LogP) is 2.88. The molecule has 24 heavy (non-hydrogen) atoms. The van der Waals surface area contributed by atoms with E-state index in [1.807, 2.05) is 30.3 Å². The largest absolute Gasteiger partial charge is 0.502 e. The Balaban J connectivity index is 1.82. The van der Waals surface area contributed by atoms with E-state index in [4.69, 9.17) is 14.2 Å². The van der Waals surface area contributed by atoms with Gasteiger partial charge >= 0.3 is 6.09 Å². The van der Waals surface area contributed by atoms with E-state index in [1.54, 1.807) is 12.1 Å². The maximum Gasteiger partial charge on any atom is 0.407 e. The van der Waals surface area contributed by atoms with Crippen LogP contribution in [0.2, 0.25) is 0 Å². The van der Waals surface area contributed by atoms with Gasteiger partial charge in [0, 0.05) is 6.54 Å². The molecule has 6 heteroatoms. The van der Waals surface area contributed by atoms with Crippen molar-refractivity contribution in [3.63, 3.8) is 0 Å². The van der Waals surface area contributed by atoms with E-state index >= 15 is 0 Å². The van der Waals surface area contributed by atoms with Crippen LogP contribution in [0.5, 0.6) is 17.2 Å². The summed E-state index contributed by atoms with van der Waals surface area (Å²) in [6, 6.07) is 12.9. The number of alkyl carbamates (subject to hydrolysis) is 1. The number of rotatable bonds is 7. The summed E-state index contributed by atoms with van der Waals surface area (Å²) in [6.07, 6.45) is 0.0736. The molecule has 0 heterocycles. The molecular formula is C18H21NO5. The number of ether oxygens (including phenoxy) is 3. The van der Waals surface area contributed by atoms with Gasteiger partial charge in [-0.05, 0) is 29.7 Å². The Morgan fingerprint density at radius 3 is 2.25 bits per heavy atom. The van der Waals surface area contributed by atoms with Gasteiger partial charge in [0.15, 0.2) is 11.5 Å². The number of phenolic OH excluding ortho intramolecular Hbond substituents is 1. The van der Waals surface area contributed by atoms with Crippen LogP contribution in [0.25, 0.3) is 0 Å². The van der Waals surface area contributed by atoms with E-state index in [0.29, 0.717) is 24.5 Å². The summed E-state index contributed by atoms with van der Waals surface area (Å²) in [5.74, 6) is 0.617. The number of carbonyl (C=O) groups excluding carboxylic acids is 1. The smallest absolute Gasteiger partial charge is 0.407 e. The van der Waals surface area contributed by atoms with E-state index in [2.05, 4.69) is 5.32 Å². The van der Waals surface area contributed by atoms with E-state index in [9.17, 15) is 9.90 Å². The van der Waals surface area contributed by atoms with E-state index in [-0.39, 0.29) is 12.4 Å². The highest BCUT2D eigenvalue weighted by atomic mass is 16.5. The van der Waals surface area contributed by atoms with Crippen LogP contribution in [0.4, 0.5) is 4.79 Å². The SMILES string of the molecule is COc1cc(CCNC(=O)OCc2ccccc2)cc(OC)c1O. The van der Waals surface area contributed by atoms with Crippen molar-refractivity contribution in [1.29, 1.82) is 0 Å². The van der Waals surface area contributed by atoms with Gasteiger partial charge in [0.1, 0.15) is 6.61 Å². The lowest BCUT2D eigenvalue weighted by Gasteiger charge is -2.12. The zero-order valence-electron chi connectivity index (χ0n) is 13.7. The number of phenols is 1. The molecular weight excluding hydrogens is 310 g/mol. The van der Waals surface area contributed by atoms with Crippen LogP contribution in [-0.4, -0.2) is 32.0 Å². The summed E-state index contributed by atoms with van der Waals surface area (Å²) in [6.45, 7) is 0.623. The average Bonchev–Trinajstić information content (AvgIpc) is 2.62. The van der Waals surface area contributed by atoms with Crippen LogP contribution in [0.15, 0.2) is 42.5 Å². The first kappa shape index (κ1) is 17.5. The van der Waals surface area contributed by atoms with Gasteiger partial charge in [0.25, 0.3) is 0 Å². The van der Waals surface area contributed by atoms with Crippen molar-refractivity contribution < 1.29 is 24.1 Å². The molecule has 0 fully saturated rings. The van der Waals surface area contributed by atoms with Crippen molar-refractivity contribution in [2.45, 2.75) is 13.0 Å². The molecule has 2 aromatic rings. The summed E-state index contributed by atoms with van der Waals surface area (Å²) in [5, 5.41) is 12.6. The number of benzene rings is 2. The molecule has 0 radical (unpaired) electrons. The van der Waals surface area contributed by atoms with Gasteiger partial charge < -0.3 is 24.6 Å². The van der Waals surface area contributed by atoms with Gasteiger partial charge in [0.05, 0.1) is 14.2 Å². The fourth-order valence-electron chi connectivity index (χ4n) is 2.18. The number of amides is 1. The van der Waals surface area contributed by atoms with Crippen LogP contribution in [0.1, 0.15) is 11.1 Å². The van der Waals surface area contributed by atoms with Crippen molar-refractivity contribution >= 4 is 6.09 Å². The number of hydrogen-bond donors (Lipinski definition) is 2. The fourth-order valence-corrected chi connectivity index (χ4v) is 2.18. The molecule has 2 N–H and O–H groups in total. The summed E-state index contributed by atoms with van der Waals surface area (Å²) in [5.41, 5.74) is 1.80. The molecule has 0 aromatic heterocycles.